The average molecular weight is 334 g/mol. The van der Waals surface area contributed by atoms with Crippen molar-refractivity contribution >= 4 is 28.5 Å². The molecule has 0 unspecified atom stereocenters. The van der Waals surface area contributed by atoms with E-state index in [0.717, 1.165) is 17.0 Å². The summed E-state index contributed by atoms with van der Waals surface area (Å²) < 4.78 is 24.1. The summed E-state index contributed by atoms with van der Waals surface area (Å²) in [5.74, 6) is -0.540. The number of carbonyl (C=O) groups excluding carboxylic acids is 1. The van der Waals surface area contributed by atoms with E-state index in [9.17, 15) is 9.18 Å². The molecule has 4 nitrogen and oxygen atoms in total. The van der Waals surface area contributed by atoms with Gasteiger partial charge in [-0.15, -0.1) is 0 Å². The van der Waals surface area contributed by atoms with Crippen LogP contribution in [0.1, 0.15) is 17.3 Å². The smallest absolute Gasteiger partial charge is 0.341 e. The fraction of sp³-hybridized carbons (Fsp3) is 0.118. The Morgan fingerprint density at radius 1 is 1.26 bits per heavy atom. The molecule has 0 saturated heterocycles. The highest BCUT2D eigenvalue weighted by Gasteiger charge is 2.16. The van der Waals surface area contributed by atoms with Crippen LogP contribution in [-0.4, -0.2) is 17.6 Å². The molecule has 2 aromatic carbocycles. The lowest BCUT2D eigenvalue weighted by molar-refractivity contribution is 0.0523. The predicted molar refractivity (Wildman–Crippen MR) is 85.7 cm³/mol. The number of carbonyl (C=O) groups is 1. The molecule has 1 aromatic heterocycles. The number of hydrogen-bond donors (Lipinski definition) is 1. The van der Waals surface area contributed by atoms with Gasteiger partial charge in [-0.3, -0.25) is 0 Å². The van der Waals surface area contributed by atoms with Crippen molar-refractivity contribution in [2.45, 2.75) is 6.92 Å². The largest absolute Gasteiger partial charge is 0.462 e. The van der Waals surface area contributed by atoms with Crippen LogP contribution in [0, 0.1) is 5.82 Å². The third kappa shape index (κ3) is 3.14. The summed E-state index contributed by atoms with van der Waals surface area (Å²) in [5.41, 5.74) is 1.01. The van der Waals surface area contributed by atoms with E-state index in [1.54, 1.807) is 31.3 Å². The first-order valence-electron chi connectivity index (χ1n) is 6.99. The monoisotopic (exact) mass is 333 g/mol. The highest BCUT2D eigenvalue weighted by molar-refractivity contribution is 6.35. The zero-order valence-electron chi connectivity index (χ0n) is 12.2. The molecular weight excluding hydrogens is 321 g/mol. The Balaban J connectivity index is 1.98. The zero-order valence-corrected chi connectivity index (χ0v) is 13.0. The molecule has 0 radical (unpaired) electrons. The molecule has 0 bridgehead atoms. The minimum atomic E-state index is -0.566. The molecule has 0 aliphatic heterocycles. The fourth-order valence-electron chi connectivity index (χ4n) is 2.21. The molecule has 0 saturated carbocycles. The maximum absolute atomic E-state index is 13.5. The van der Waals surface area contributed by atoms with E-state index >= 15 is 0 Å². The third-order valence-corrected chi connectivity index (χ3v) is 3.58. The van der Waals surface area contributed by atoms with E-state index in [-0.39, 0.29) is 17.9 Å². The average Bonchev–Trinajstić information content (AvgIpc) is 2.89. The van der Waals surface area contributed by atoms with Gasteiger partial charge in [0.1, 0.15) is 22.9 Å². The van der Waals surface area contributed by atoms with Gasteiger partial charge in [0, 0.05) is 23.2 Å². The van der Waals surface area contributed by atoms with Crippen molar-refractivity contribution in [3.05, 3.63) is 59.0 Å². The van der Waals surface area contributed by atoms with E-state index in [0.29, 0.717) is 10.8 Å². The first-order valence-corrected chi connectivity index (χ1v) is 7.37. The summed E-state index contributed by atoms with van der Waals surface area (Å²) in [6.07, 6.45) is 1.67. The molecule has 0 spiro atoms. The van der Waals surface area contributed by atoms with Gasteiger partial charge in [-0.1, -0.05) is 11.6 Å². The standard InChI is InChI=1S/C17H13ClFNO3/c1-2-22-17(21)12-5-3-10(19)7-16(12)23-11-4-6-15-13(8-11)14(18)9-20-15/h3-9,20H,2H2,1H3. The minimum absolute atomic E-state index is 0.0921. The number of hydrogen-bond acceptors (Lipinski definition) is 3. The van der Waals surface area contributed by atoms with Gasteiger partial charge >= 0.3 is 5.97 Å². The van der Waals surface area contributed by atoms with Crippen molar-refractivity contribution in [2.24, 2.45) is 0 Å². The number of nitrogens with one attached hydrogen (secondary N) is 1. The Bertz CT molecular complexity index is 875. The summed E-state index contributed by atoms with van der Waals surface area (Å²) in [4.78, 5) is 15.0. The van der Waals surface area contributed by atoms with Crippen LogP contribution in [-0.2, 0) is 4.74 Å². The van der Waals surface area contributed by atoms with Gasteiger partial charge in [-0.25, -0.2) is 9.18 Å². The van der Waals surface area contributed by atoms with Crippen LogP contribution in [0.4, 0.5) is 4.39 Å². The van der Waals surface area contributed by atoms with Crippen molar-refractivity contribution in [3.8, 4) is 11.5 Å². The van der Waals surface area contributed by atoms with Crippen molar-refractivity contribution < 1.29 is 18.7 Å². The second kappa shape index (κ2) is 6.30. The number of aromatic amines is 1. The van der Waals surface area contributed by atoms with Crippen molar-refractivity contribution in [2.75, 3.05) is 6.61 Å². The van der Waals surface area contributed by atoms with Crippen LogP contribution >= 0.6 is 11.6 Å². The first-order chi connectivity index (χ1) is 11.1. The number of fused-ring (bicyclic) bond motifs is 1. The SMILES string of the molecule is CCOC(=O)c1ccc(F)cc1Oc1ccc2[nH]cc(Cl)c2c1. The molecule has 23 heavy (non-hydrogen) atoms. The Labute approximate surface area is 136 Å². The first kappa shape index (κ1) is 15.4. The van der Waals surface area contributed by atoms with Crippen LogP contribution in [0.2, 0.25) is 5.02 Å². The van der Waals surface area contributed by atoms with Crippen molar-refractivity contribution in [3.63, 3.8) is 0 Å². The summed E-state index contributed by atoms with van der Waals surface area (Å²) in [5, 5.41) is 1.33. The molecule has 1 heterocycles. The molecule has 3 rings (SSSR count). The number of halogens is 2. The molecular formula is C17H13ClFNO3. The van der Waals surface area contributed by atoms with E-state index in [1.807, 2.05) is 0 Å². The van der Waals surface area contributed by atoms with Crippen molar-refractivity contribution in [1.82, 2.24) is 4.98 Å². The van der Waals surface area contributed by atoms with Crippen LogP contribution < -0.4 is 4.74 Å². The van der Waals surface area contributed by atoms with Crippen LogP contribution in [0.3, 0.4) is 0 Å². The lowest BCUT2D eigenvalue weighted by atomic mass is 10.2. The molecule has 6 heteroatoms. The van der Waals surface area contributed by atoms with Crippen LogP contribution in [0.25, 0.3) is 10.9 Å². The van der Waals surface area contributed by atoms with Gasteiger partial charge in [0.25, 0.3) is 0 Å². The predicted octanol–water partition coefficient (Wildman–Crippen LogP) is 4.93. The summed E-state index contributed by atoms with van der Waals surface area (Å²) in [6, 6.07) is 8.88. The number of rotatable bonds is 4. The molecule has 0 atom stereocenters. The topological polar surface area (TPSA) is 51.3 Å². The molecule has 3 aromatic rings. The van der Waals surface area contributed by atoms with Gasteiger partial charge in [-0.05, 0) is 37.3 Å². The third-order valence-electron chi connectivity index (χ3n) is 3.27. The van der Waals surface area contributed by atoms with E-state index in [1.165, 1.54) is 12.1 Å². The Morgan fingerprint density at radius 2 is 2.09 bits per heavy atom. The van der Waals surface area contributed by atoms with Crippen molar-refractivity contribution in [1.29, 1.82) is 0 Å². The molecule has 0 fully saturated rings. The van der Waals surface area contributed by atoms with E-state index in [2.05, 4.69) is 4.98 Å². The summed E-state index contributed by atoms with van der Waals surface area (Å²) >= 11 is 6.07. The normalized spacial score (nSPS) is 10.7. The molecule has 118 valence electrons. The van der Waals surface area contributed by atoms with Gasteiger partial charge < -0.3 is 14.5 Å². The van der Waals surface area contributed by atoms with Gasteiger partial charge in [0.05, 0.1) is 11.6 Å². The molecule has 0 amide bonds. The Hall–Kier alpha value is -2.53. The van der Waals surface area contributed by atoms with Gasteiger partial charge in [0.2, 0.25) is 0 Å². The number of aromatic nitrogens is 1. The minimum Gasteiger partial charge on any atom is -0.462 e. The van der Waals surface area contributed by atoms with Gasteiger partial charge in [0.15, 0.2) is 0 Å². The summed E-state index contributed by atoms with van der Waals surface area (Å²) in [7, 11) is 0. The Morgan fingerprint density at radius 3 is 2.87 bits per heavy atom. The fourth-order valence-corrected chi connectivity index (χ4v) is 2.43. The highest BCUT2D eigenvalue weighted by atomic mass is 35.5. The molecule has 0 aliphatic carbocycles. The number of H-pyrrole nitrogens is 1. The maximum Gasteiger partial charge on any atom is 0.341 e. The second-order valence-electron chi connectivity index (χ2n) is 4.81. The maximum atomic E-state index is 13.5. The molecule has 0 aliphatic rings. The zero-order chi connectivity index (χ0) is 16.4. The van der Waals surface area contributed by atoms with E-state index in [4.69, 9.17) is 21.1 Å². The van der Waals surface area contributed by atoms with E-state index < -0.39 is 11.8 Å². The van der Waals surface area contributed by atoms with Crippen LogP contribution in [0.5, 0.6) is 11.5 Å². The lowest BCUT2D eigenvalue weighted by Crippen LogP contribution is -2.06. The number of esters is 1. The summed E-state index contributed by atoms with van der Waals surface area (Å²) in [6.45, 7) is 1.92. The Kier molecular flexibility index (Phi) is 4.21. The lowest BCUT2D eigenvalue weighted by Gasteiger charge is -2.11. The number of ether oxygens (including phenoxy) is 2. The molecule has 1 N–H and O–H groups in total. The van der Waals surface area contributed by atoms with Gasteiger partial charge in [-0.2, -0.15) is 0 Å². The van der Waals surface area contributed by atoms with Crippen LogP contribution in [0.15, 0.2) is 42.6 Å². The highest BCUT2D eigenvalue weighted by Crippen LogP contribution is 2.31. The quantitative estimate of drug-likeness (QED) is 0.689. The number of benzene rings is 2. The second-order valence-corrected chi connectivity index (χ2v) is 5.21.